The molecule has 0 atom stereocenters. The number of aryl methyl sites for hydroxylation is 1. The molecule has 0 aromatic heterocycles. The minimum atomic E-state index is -0.0680. The summed E-state index contributed by atoms with van der Waals surface area (Å²) >= 11 is 0. The third-order valence-corrected chi connectivity index (χ3v) is 3.79. The molecule has 0 saturated heterocycles. The molecule has 16 heavy (non-hydrogen) atoms. The van der Waals surface area contributed by atoms with Gasteiger partial charge in [-0.2, -0.15) is 0 Å². The number of phenols is 1. The second kappa shape index (κ2) is 3.98. The van der Waals surface area contributed by atoms with Gasteiger partial charge in [-0.25, -0.2) is 0 Å². The van der Waals surface area contributed by atoms with Crippen molar-refractivity contribution < 1.29 is 9.84 Å². The summed E-state index contributed by atoms with van der Waals surface area (Å²) in [6.45, 7) is 2.47. The number of hydrogen-bond donors (Lipinski definition) is 2. The van der Waals surface area contributed by atoms with Crippen LogP contribution in [0.3, 0.4) is 0 Å². The highest BCUT2D eigenvalue weighted by Gasteiger charge is 2.41. The van der Waals surface area contributed by atoms with Crippen LogP contribution in [-0.4, -0.2) is 18.8 Å². The molecule has 88 valence electrons. The van der Waals surface area contributed by atoms with Gasteiger partial charge in [0.2, 0.25) is 0 Å². The number of aromatic hydroxyl groups is 1. The molecule has 0 radical (unpaired) electrons. The van der Waals surface area contributed by atoms with E-state index in [1.165, 1.54) is 6.42 Å². The van der Waals surface area contributed by atoms with Crippen molar-refractivity contribution in [2.75, 3.05) is 13.7 Å². The molecule has 0 amide bonds. The zero-order valence-corrected chi connectivity index (χ0v) is 9.92. The van der Waals surface area contributed by atoms with Gasteiger partial charge in [-0.1, -0.05) is 12.5 Å². The molecule has 1 aliphatic rings. The van der Waals surface area contributed by atoms with Gasteiger partial charge >= 0.3 is 0 Å². The zero-order valence-electron chi connectivity index (χ0n) is 9.92. The minimum absolute atomic E-state index is 0.0680. The first-order chi connectivity index (χ1) is 7.64. The van der Waals surface area contributed by atoms with E-state index in [0.29, 0.717) is 12.3 Å². The van der Waals surface area contributed by atoms with Crippen molar-refractivity contribution in [2.45, 2.75) is 31.6 Å². The smallest absolute Gasteiger partial charge is 0.126 e. The van der Waals surface area contributed by atoms with Crippen LogP contribution in [0.1, 0.15) is 30.4 Å². The van der Waals surface area contributed by atoms with E-state index in [4.69, 9.17) is 10.5 Å². The number of benzene rings is 1. The fourth-order valence-electron chi connectivity index (χ4n) is 2.52. The Labute approximate surface area is 96.2 Å². The number of ether oxygens (including phenoxy) is 1. The van der Waals surface area contributed by atoms with Crippen LogP contribution in [0.25, 0.3) is 0 Å². The quantitative estimate of drug-likeness (QED) is 0.821. The molecule has 0 spiro atoms. The third kappa shape index (κ3) is 1.47. The lowest BCUT2D eigenvalue weighted by molar-refractivity contribution is 0.235. The van der Waals surface area contributed by atoms with Crippen molar-refractivity contribution in [3.63, 3.8) is 0 Å². The van der Waals surface area contributed by atoms with Crippen molar-refractivity contribution in [3.8, 4) is 11.5 Å². The maximum atomic E-state index is 10.2. The highest BCUT2D eigenvalue weighted by molar-refractivity contribution is 5.54. The van der Waals surface area contributed by atoms with Crippen molar-refractivity contribution in [2.24, 2.45) is 5.73 Å². The minimum Gasteiger partial charge on any atom is -0.507 e. The first kappa shape index (κ1) is 11.3. The number of phenolic OH excluding ortho intramolecular Hbond substituents is 1. The van der Waals surface area contributed by atoms with Crippen LogP contribution in [0.15, 0.2) is 12.1 Å². The summed E-state index contributed by atoms with van der Waals surface area (Å²) in [7, 11) is 1.64. The Morgan fingerprint density at radius 1 is 1.44 bits per heavy atom. The summed E-state index contributed by atoms with van der Waals surface area (Å²) in [5.41, 5.74) is 7.60. The molecule has 3 heteroatoms. The molecule has 3 nitrogen and oxygen atoms in total. The van der Waals surface area contributed by atoms with E-state index in [-0.39, 0.29) is 5.41 Å². The Hall–Kier alpha value is -1.22. The fourth-order valence-corrected chi connectivity index (χ4v) is 2.52. The largest absolute Gasteiger partial charge is 0.507 e. The van der Waals surface area contributed by atoms with E-state index < -0.39 is 0 Å². The summed E-state index contributed by atoms with van der Waals surface area (Å²) < 4.78 is 5.35. The lowest BCUT2D eigenvalue weighted by Crippen LogP contribution is -2.41. The summed E-state index contributed by atoms with van der Waals surface area (Å²) in [5.74, 6) is 1.11. The van der Waals surface area contributed by atoms with Gasteiger partial charge in [-0.15, -0.1) is 0 Å². The van der Waals surface area contributed by atoms with Crippen molar-refractivity contribution >= 4 is 0 Å². The molecule has 0 bridgehead atoms. The lowest BCUT2D eigenvalue weighted by atomic mass is 9.63. The maximum Gasteiger partial charge on any atom is 0.126 e. The van der Waals surface area contributed by atoms with Crippen LogP contribution in [0.2, 0.25) is 0 Å². The van der Waals surface area contributed by atoms with E-state index in [9.17, 15) is 5.11 Å². The van der Waals surface area contributed by atoms with Gasteiger partial charge in [-0.3, -0.25) is 0 Å². The predicted octanol–water partition coefficient (Wildman–Crippen LogP) is 2.09. The van der Waals surface area contributed by atoms with Crippen LogP contribution in [-0.2, 0) is 5.41 Å². The Bertz CT molecular complexity index is 392. The molecule has 1 aromatic rings. The second-order valence-electron chi connectivity index (χ2n) is 4.65. The van der Waals surface area contributed by atoms with Gasteiger partial charge in [0.05, 0.1) is 7.11 Å². The molecule has 0 aliphatic heterocycles. The van der Waals surface area contributed by atoms with Gasteiger partial charge in [-0.05, 0) is 31.4 Å². The van der Waals surface area contributed by atoms with Gasteiger partial charge in [0.15, 0.2) is 0 Å². The van der Waals surface area contributed by atoms with Gasteiger partial charge < -0.3 is 15.6 Å². The van der Waals surface area contributed by atoms with Crippen LogP contribution >= 0.6 is 0 Å². The number of hydrogen-bond acceptors (Lipinski definition) is 3. The average Bonchev–Trinajstić information content (AvgIpc) is 2.23. The predicted molar refractivity (Wildman–Crippen MR) is 64.0 cm³/mol. The summed E-state index contributed by atoms with van der Waals surface area (Å²) in [6.07, 6.45) is 3.25. The fraction of sp³-hybridized carbons (Fsp3) is 0.538. The lowest BCUT2D eigenvalue weighted by Gasteiger charge is -2.42. The van der Waals surface area contributed by atoms with E-state index in [2.05, 4.69) is 0 Å². The molecule has 0 heterocycles. The molecule has 1 aromatic carbocycles. The third-order valence-electron chi connectivity index (χ3n) is 3.79. The Kier molecular flexibility index (Phi) is 2.80. The highest BCUT2D eigenvalue weighted by atomic mass is 16.5. The highest BCUT2D eigenvalue weighted by Crippen LogP contribution is 2.50. The molecule has 2 rings (SSSR count). The van der Waals surface area contributed by atoms with E-state index >= 15 is 0 Å². The Morgan fingerprint density at radius 3 is 2.56 bits per heavy atom. The number of nitrogens with two attached hydrogens (primary N) is 1. The van der Waals surface area contributed by atoms with Crippen LogP contribution < -0.4 is 10.5 Å². The molecule has 1 fully saturated rings. The van der Waals surface area contributed by atoms with Crippen molar-refractivity contribution in [1.82, 2.24) is 0 Å². The van der Waals surface area contributed by atoms with Gasteiger partial charge in [0.1, 0.15) is 11.5 Å². The van der Waals surface area contributed by atoms with E-state index in [1.54, 1.807) is 7.11 Å². The van der Waals surface area contributed by atoms with Crippen LogP contribution in [0.5, 0.6) is 11.5 Å². The second-order valence-corrected chi connectivity index (χ2v) is 4.65. The number of methoxy groups -OCH3 is 1. The molecular weight excluding hydrogens is 202 g/mol. The van der Waals surface area contributed by atoms with Crippen molar-refractivity contribution in [1.29, 1.82) is 0 Å². The molecule has 0 unspecified atom stereocenters. The van der Waals surface area contributed by atoms with Gasteiger partial charge in [0.25, 0.3) is 0 Å². The Morgan fingerprint density at radius 2 is 2.12 bits per heavy atom. The van der Waals surface area contributed by atoms with Crippen LogP contribution in [0.4, 0.5) is 0 Å². The summed E-state index contributed by atoms with van der Waals surface area (Å²) in [5, 5.41) is 10.2. The normalized spacial score (nSPS) is 17.9. The molecular formula is C13H19NO2. The Balaban J connectivity index is 2.56. The first-order valence-electron chi connectivity index (χ1n) is 5.72. The van der Waals surface area contributed by atoms with E-state index in [0.717, 1.165) is 29.7 Å². The topological polar surface area (TPSA) is 55.5 Å². The molecule has 3 N–H and O–H groups in total. The average molecular weight is 221 g/mol. The maximum absolute atomic E-state index is 10.2. The zero-order chi connectivity index (χ0) is 11.8. The van der Waals surface area contributed by atoms with Gasteiger partial charge in [0, 0.05) is 17.5 Å². The standard InChI is InChI=1S/C13H19NO2/c1-9-4-5-10(16-2)11(12(9)15)13(8-14)6-3-7-13/h4-5,15H,3,6-8,14H2,1-2H3. The SMILES string of the molecule is COc1ccc(C)c(O)c1C1(CN)CCC1. The molecule has 1 aliphatic carbocycles. The van der Waals surface area contributed by atoms with Crippen molar-refractivity contribution in [3.05, 3.63) is 23.3 Å². The monoisotopic (exact) mass is 221 g/mol. The number of rotatable bonds is 3. The van der Waals surface area contributed by atoms with Crippen LogP contribution in [0, 0.1) is 6.92 Å². The summed E-state index contributed by atoms with van der Waals surface area (Å²) in [4.78, 5) is 0. The molecule has 1 saturated carbocycles. The first-order valence-corrected chi connectivity index (χ1v) is 5.72. The summed E-state index contributed by atoms with van der Waals surface area (Å²) in [6, 6.07) is 3.79. The van der Waals surface area contributed by atoms with E-state index in [1.807, 2.05) is 19.1 Å².